The van der Waals surface area contributed by atoms with Gasteiger partial charge >= 0.3 is 12.1 Å². The molecule has 1 aromatic heterocycles. The first-order valence-corrected chi connectivity index (χ1v) is 12.2. The number of amides is 3. The molecule has 1 fully saturated rings. The highest BCUT2D eigenvalue weighted by atomic mass is 19.1. The molecule has 36 heavy (non-hydrogen) atoms. The van der Waals surface area contributed by atoms with E-state index in [-0.39, 0.29) is 12.5 Å². The molecule has 1 atom stereocenters. The molecule has 1 heterocycles. The molecule has 1 aliphatic carbocycles. The number of pyridine rings is 1. The predicted molar refractivity (Wildman–Crippen MR) is 134 cm³/mol. The number of aryl methyl sites for hydroxylation is 1. The molecule has 0 saturated heterocycles. The third-order valence-corrected chi connectivity index (χ3v) is 6.10. The average molecular weight is 497 g/mol. The number of carbonyl (C=O) groups excluding carboxylic acids is 2. The molecule has 1 aromatic carbocycles. The Morgan fingerprint density at radius 3 is 2.44 bits per heavy atom. The Morgan fingerprint density at radius 2 is 1.86 bits per heavy atom. The van der Waals surface area contributed by atoms with E-state index >= 15 is 0 Å². The Labute approximate surface area is 210 Å². The minimum atomic E-state index is -0.871. The molecule has 9 heteroatoms. The Morgan fingerprint density at radius 1 is 1.22 bits per heavy atom. The van der Waals surface area contributed by atoms with Gasteiger partial charge in [-0.2, -0.15) is 5.26 Å². The summed E-state index contributed by atoms with van der Waals surface area (Å²) in [4.78, 5) is 41.1. The number of nitrogens with one attached hydrogen (secondary N) is 2. The molecule has 3 amide bonds. The molecule has 0 radical (unpaired) electrons. The Kier molecular flexibility index (Phi) is 8.51. The molecule has 1 saturated carbocycles. The van der Waals surface area contributed by atoms with Crippen LogP contribution in [0.5, 0.6) is 0 Å². The van der Waals surface area contributed by atoms with Crippen LogP contribution < -0.4 is 10.9 Å². The van der Waals surface area contributed by atoms with Crippen LogP contribution in [-0.2, 0) is 11.2 Å². The van der Waals surface area contributed by atoms with E-state index in [9.17, 15) is 24.0 Å². The molecule has 0 unspecified atom stereocenters. The van der Waals surface area contributed by atoms with Crippen LogP contribution in [0.2, 0.25) is 0 Å². The van der Waals surface area contributed by atoms with E-state index < -0.39 is 35.1 Å². The van der Waals surface area contributed by atoms with Gasteiger partial charge in [0.2, 0.25) is 0 Å². The van der Waals surface area contributed by atoms with Gasteiger partial charge in [-0.15, -0.1) is 0 Å². The molecule has 1 aliphatic rings. The minimum Gasteiger partial charge on any atom is -0.443 e. The van der Waals surface area contributed by atoms with Crippen molar-refractivity contribution in [1.29, 1.82) is 5.26 Å². The number of rotatable bonds is 5. The summed E-state index contributed by atoms with van der Waals surface area (Å²) in [5.74, 6) is -0.862. The van der Waals surface area contributed by atoms with Gasteiger partial charge in [0, 0.05) is 23.7 Å². The molecular formula is C27H33FN4O4. The summed E-state index contributed by atoms with van der Waals surface area (Å²) < 4.78 is 19.2. The van der Waals surface area contributed by atoms with Crippen molar-refractivity contribution in [3.05, 3.63) is 57.8 Å². The second-order valence-electron chi connectivity index (χ2n) is 10.2. The summed E-state index contributed by atoms with van der Waals surface area (Å²) in [6.45, 7) is 6.92. The van der Waals surface area contributed by atoms with Crippen molar-refractivity contribution < 1.29 is 18.7 Å². The lowest BCUT2D eigenvalue weighted by Crippen LogP contribution is -2.53. The topological polar surface area (TPSA) is 115 Å². The normalized spacial score (nSPS) is 15.0. The minimum absolute atomic E-state index is 0.217. The molecule has 0 bridgehead atoms. The number of urea groups is 1. The number of H-pyrrole nitrogens is 1. The zero-order valence-electron chi connectivity index (χ0n) is 21.2. The van der Waals surface area contributed by atoms with E-state index in [1.165, 1.54) is 6.07 Å². The Bertz CT molecular complexity index is 1190. The summed E-state index contributed by atoms with van der Waals surface area (Å²) in [6.07, 6.45) is 3.81. The monoisotopic (exact) mass is 496 g/mol. The van der Waals surface area contributed by atoms with Gasteiger partial charge in [0.1, 0.15) is 11.6 Å². The number of imide groups is 1. The number of ether oxygens (including phenoxy) is 1. The SMILES string of the molecule is Cc1[nH]c(=O)c(F)cc1-c1ccc(C[C@@H](C#N)NC(=O)N(C(=O)OC(C)(C)C)C2CCCCC2)cc1. The Balaban J connectivity index is 1.73. The van der Waals surface area contributed by atoms with Crippen LogP contribution in [0.25, 0.3) is 11.1 Å². The van der Waals surface area contributed by atoms with Gasteiger partial charge in [0.25, 0.3) is 5.56 Å². The summed E-state index contributed by atoms with van der Waals surface area (Å²) in [6, 6.07) is 8.59. The summed E-state index contributed by atoms with van der Waals surface area (Å²) >= 11 is 0. The number of aromatic amines is 1. The summed E-state index contributed by atoms with van der Waals surface area (Å²) in [5.41, 5.74) is 1.06. The largest absolute Gasteiger partial charge is 0.443 e. The second-order valence-corrected chi connectivity index (χ2v) is 10.2. The van der Waals surface area contributed by atoms with Gasteiger partial charge < -0.3 is 15.0 Å². The number of aromatic nitrogens is 1. The molecule has 0 aliphatic heterocycles. The Hall–Kier alpha value is -3.67. The molecule has 8 nitrogen and oxygen atoms in total. The summed E-state index contributed by atoms with van der Waals surface area (Å²) in [7, 11) is 0. The fourth-order valence-corrected chi connectivity index (χ4v) is 4.35. The van der Waals surface area contributed by atoms with Crippen LogP contribution in [0.3, 0.4) is 0 Å². The maximum Gasteiger partial charge on any atom is 0.418 e. The van der Waals surface area contributed by atoms with Crippen molar-refractivity contribution in [3.63, 3.8) is 0 Å². The van der Waals surface area contributed by atoms with Crippen molar-refractivity contribution in [2.45, 2.75) is 83.9 Å². The van der Waals surface area contributed by atoms with Crippen LogP contribution >= 0.6 is 0 Å². The van der Waals surface area contributed by atoms with Crippen molar-refractivity contribution in [1.82, 2.24) is 15.2 Å². The lowest BCUT2D eigenvalue weighted by molar-refractivity contribution is 0.0220. The highest BCUT2D eigenvalue weighted by Gasteiger charge is 2.35. The van der Waals surface area contributed by atoms with Gasteiger partial charge in [-0.25, -0.2) is 18.9 Å². The highest BCUT2D eigenvalue weighted by molar-refractivity contribution is 5.91. The number of nitriles is 1. The number of nitrogens with zero attached hydrogens (tertiary/aromatic N) is 2. The zero-order chi connectivity index (χ0) is 26.5. The van der Waals surface area contributed by atoms with Gasteiger partial charge in [0.05, 0.1) is 6.07 Å². The molecule has 3 rings (SSSR count). The number of hydrogen-bond donors (Lipinski definition) is 2. The number of carbonyl (C=O) groups is 2. The first-order valence-electron chi connectivity index (χ1n) is 12.2. The average Bonchev–Trinajstić information content (AvgIpc) is 2.81. The lowest BCUT2D eigenvalue weighted by Gasteiger charge is -2.34. The molecular weight excluding hydrogens is 463 g/mol. The second kappa shape index (κ2) is 11.4. The van der Waals surface area contributed by atoms with Crippen molar-refractivity contribution >= 4 is 12.1 Å². The predicted octanol–water partition coefficient (Wildman–Crippen LogP) is 5.20. The number of benzene rings is 1. The van der Waals surface area contributed by atoms with Crippen LogP contribution in [-0.4, -0.2) is 39.7 Å². The van der Waals surface area contributed by atoms with E-state index in [0.717, 1.165) is 29.7 Å². The molecule has 2 aromatic rings. The van der Waals surface area contributed by atoms with E-state index in [0.29, 0.717) is 29.7 Å². The maximum atomic E-state index is 13.8. The maximum absolute atomic E-state index is 13.8. The highest BCUT2D eigenvalue weighted by Crippen LogP contribution is 2.25. The smallest absolute Gasteiger partial charge is 0.418 e. The van der Waals surface area contributed by atoms with E-state index in [4.69, 9.17) is 4.74 Å². The first kappa shape index (κ1) is 26.9. The quantitative estimate of drug-likeness (QED) is 0.590. The van der Waals surface area contributed by atoms with Crippen LogP contribution in [0, 0.1) is 24.1 Å². The van der Waals surface area contributed by atoms with Crippen molar-refractivity contribution in [3.8, 4) is 17.2 Å². The van der Waals surface area contributed by atoms with E-state index in [1.807, 2.05) is 0 Å². The van der Waals surface area contributed by atoms with Gasteiger partial charge in [-0.3, -0.25) is 4.79 Å². The van der Waals surface area contributed by atoms with E-state index in [2.05, 4.69) is 16.4 Å². The van der Waals surface area contributed by atoms with Crippen molar-refractivity contribution in [2.75, 3.05) is 0 Å². The van der Waals surface area contributed by atoms with Gasteiger partial charge in [-0.05, 0) is 57.7 Å². The molecule has 2 N–H and O–H groups in total. The van der Waals surface area contributed by atoms with Crippen LogP contribution in [0.4, 0.5) is 14.0 Å². The van der Waals surface area contributed by atoms with E-state index in [1.54, 1.807) is 52.0 Å². The third kappa shape index (κ3) is 6.94. The van der Waals surface area contributed by atoms with Gasteiger partial charge in [-0.1, -0.05) is 43.5 Å². The van der Waals surface area contributed by atoms with Crippen molar-refractivity contribution in [2.24, 2.45) is 0 Å². The molecule has 192 valence electrons. The van der Waals surface area contributed by atoms with Gasteiger partial charge in [0.15, 0.2) is 5.82 Å². The van der Waals surface area contributed by atoms with Crippen LogP contribution in [0.15, 0.2) is 35.1 Å². The third-order valence-electron chi connectivity index (χ3n) is 6.10. The standard InChI is InChI=1S/C27H33FN4O4/c1-17-22(15-23(28)24(33)30-17)19-12-10-18(11-13-19)14-20(16-29)31-25(34)32(21-8-6-5-7-9-21)26(35)36-27(2,3)4/h10-13,15,20-21H,5-9,14H2,1-4H3,(H,30,33)(H,31,34)/t20-/m0/s1. The number of hydrogen-bond acceptors (Lipinski definition) is 5. The fourth-order valence-electron chi connectivity index (χ4n) is 4.35. The first-order chi connectivity index (χ1) is 17.0. The zero-order valence-corrected chi connectivity index (χ0v) is 21.2. The summed E-state index contributed by atoms with van der Waals surface area (Å²) in [5, 5.41) is 12.4. The van der Waals surface area contributed by atoms with Crippen LogP contribution in [0.1, 0.15) is 64.1 Å². The molecule has 0 spiro atoms. The lowest BCUT2D eigenvalue weighted by atomic mass is 9.94. The number of halogens is 1. The fraction of sp³-hybridized carbons (Fsp3) is 0.481.